The van der Waals surface area contributed by atoms with Gasteiger partial charge in [-0.1, -0.05) is 42.1 Å². The van der Waals surface area contributed by atoms with E-state index in [1.165, 1.54) is 11.8 Å². The quantitative estimate of drug-likeness (QED) is 0.230. The van der Waals surface area contributed by atoms with Gasteiger partial charge in [0.25, 0.3) is 5.91 Å². The van der Waals surface area contributed by atoms with Crippen LogP contribution in [0.1, 0.15) is 16.1 Å². The Morgan fingerprint density at radius 1 is 0.886 bits per heavy atom. The summed E-state index contributed by atoms with van der Waals surface area (Å²) < 4.78 is 7.99. The third-order valence-corrected chi connectivity index (χ3v) is 6.55. The Morgan fingerprint density at radius 3 is 2.51 bits per heavy atom. The molecule has 0 atom stereocenters. The van der Waals surface area contributed by atoms with Crippen LogP contribution in [-0.4, -0.2) is 25.4 Å². The van der Waals surface area contributed by atoms with Gasteiger partial charge in [-0.25, -0.2) is 15.0 Å². The van der Waals surface area contributed by atoms with Crippen molar-refractivity contribution in [2.75, 3.05) is 5.32 Å². The van der Waals surface area contributed by atoms with Crippen LogP contribution in [0, 0.1) is 0 Å². The van der Waals surface area contributed by atoms with Gasteiger partial charge in [0.2, 0.25) is 0 Å². The largest absolute Gasteiger partial charge is 0.451 e. The zero-order valence-corrected chi connectivity index (χ0v) is 19.3. The van der Waals surface area contributed by atoms with E-state index in [4.69, 9.17) is 4.42 Å². The predicted molar refractivity (Wildman–Crippen MR) is 137 cm³/mol. The number of nitrogens with one attached hydrogen (secondary N) is 1. The Balaban J connectivity index is 1.26. The molecule has 3 aromatic heterocycles. The molecule has 0 radical (unpaired) electrons. The molecule has 35 heavy (non-hydrogen) atoms. The number of thioether (sulfide) groups is 1. The van der Waals surface area contributed by atoms with Gasteiger partial charge < -0.3 is 9.73 Å². The van der Waals surface area contributed by atoms with Crippen LogP contribution in [-0.2, 0) is 5.75 Å². The molecule has 0 spiro atoms. The monoisotopic (exact) mass is 477 g/mol. The number of imidazole rings is 1. The molecule has 3 heterocycles. The van der Waals surface area contributed by atoms with Crippen molar-refractivity contribution in [3.8, 4) is 5.69 Å². The lowest BCUT2D eigenvalue weighted by Crippen LogP contribution is -2.12. The maximum atomic E-state index is 13.2. The summed E-state index contributed by atoms with van der Waals surface area (Å²) in [6.07, 6.45) is 5.20. The normalized spacial score (nSPS) is 11.2. The van der Waals surface area contributed by atoms with Crippen molar-refractivity contribution in [1.82, 2.24) is 19.5 Å². The van der Waals surface area contributed by atoms with Gasteiger partial charge in [-0.3, -0.25) is 9.36 Å². The number of rotatable bonds is 6. The van der Waals surface area contributed by atoms with Crippen molar-refractivity contribution in [1.29, 1.82) is 0 Å². The van der Waals surface area contributed by atoms with Gasteiger partial charge in [0, 0.05) is 40.5 Å². The minimum absolute atomic E-state index is 0.291. The van der Waals surface area contributed by atoms with Gasteiger partial charge in [-0.05, 0) is 48.5 Å². The number of carbonyl (C=O) groups excluding carboxylic acids is 1. The van der Waals surface area contributed by atoms with Crippen molar-refractivity contribution in [2.24, 2.45) is 0 Å². The average molecular weight is 478 g/mol. The lowest BCUT2D eigenvalue weighted by Gasteiger charge is -2.08. The molecule has 0 bridgehead atoms. The maximum Gasteiger partial charge on any atom is 0.291 e. The molecule has 0 aliphatic rings. The van der Waals surface area contributed by atoms with E-state index in [9.17, 15) is 4.79 Å². The molecule has 0 saturated heterocycles. The number of fused-ring (bicyclic) bond motifs is 2. The zero-order chi connectivity index (χ0) is 23.6. The molecule has 0 fully saturated rings. The van der Waals surface area contributed by atoms with Crippen LogP contribution < -0.4 is 5.32 Å². The number of carbonyl (C=O) groups is 1. The van der Waals surface area contributed by atoms with Crippen LogP contribution in [0.4, 0.5) is 5.69 Å². The SMILES string of the molecule is O=C(Nc1ccc(-n2cnc3ccccc32)cc1)c1oc2ccccc2c1CSc1ncccn1. The van der Waals surface area contributed by atoms with Gasteiger partial charge in [0.1, 0.15) is 11.9 Å². The first-order valence-electron chi connectivity index (χ1n) is 11.0. The first-order valence-corrected chi connectivity index (χ1v) is 12.0. The first kappa shape index (κ1) is 21.1. The molecular formula is C27H19N5O2S. The number of nitrogens with zero attached hydrogens (tertiary/aromatic N) is 4. The van der Waals surface area contributed by atoms with Crippen molar-refractivity contribution < 1.29 is 9.21 Å². The van der Waals surface area contributed by atoms with Gasteiger partial charge in [0.05, 0.1) is 11.0 Å². The second-order valence-corrected chi connectivity index (χ2v) is 8.77. The van der Waals surface area contributed by atoms with Crippen LogP contribution in [0.2, 0.25) is 0 Å². The van der Waals surface area contributed by atoms with E-state index >= 15 is 0 Å². The molecular weight excluding hydrogens is 458 g/mol. The van der Waals surface area contributed by atoms with Crippen LogP contribution in [0.3, 0.4) is 0 Å². The molecule has 0 aliphatic carbocycles. The van der Waals surface area contributed by atoms with E-state index in [2.05, 4.69) is 20.3 Å². The maximum absolute atomic E-state index is 13.2. The molecule has 8 heteroatoms. The number of anilines is 1. The second kappa shape index (κ2) is 9.08. The summed E-state index contributed by atoms with van der Waals surface area (Å²) >= 11 is 1.46. The van der Waals surface area contributed by atoms with E-state index in [0.717, 1.165) is 27.7 Å². The van der Waals surface area contributed by atoms with E-state index in [0.29, 0.717) is 27.9 Å². The molecule has 0 aliphatic heterocycles. The van der Waals surface area contributed by atoms with Crippen molar-refractivity contribution in [3.63, 3.8) is 0 Å². The summed E-state index contributed by atoms with van der Waals surface area (Å²) in [5.74, 6) is 0.502. The Morgan fingerprint density at radius 2 is 1.66 bits per heavy atom. The molecule has 1 amide bonds. The molecule has 7 nitrogen and oxygen atoms in total. The predicted octanol–water partition coefficient (Wildman–Crippen LogP) is 6.11. The summed E-state index contributed by atoms with van der Waals surface area (Å²) in [6.45, 7) is 0. The number of furan rings is 1. The number of para-hydroxylation sites is 3. The van der Waals surface area contributed by atoms with Crippen LogP contribution in [0.5, 0.6) is 0 Å². The zero-order valence-electron chi connectivity index (χ0n) is 18.5. The third-order valence-electron chi connectivity index (χ3n) is 5.65. The topological polar surface area (TPSA) is 85.8 Å². The van der Waals surface area contributed by atoms with Crippen molar-refractivity contribution in [3.05, 3.63) is 109 Å². The standard InChI is InChI=1S/C27H19N5O2S/c33-26(31-18-10-12-19(13-11-18)32-17-30-22-7-2-3-8-23(22)32)25-21(16-35-27-28-14-5-15-29-27)20-6-1-4-9-24(20)34-25/h1-15,17H,16H2,(H,31,33). The molecule has 0 unspecified atom stereocenters. The lowest BCUT2D eigenvalue weighted by atomic mass is 10.1. The summed E-state index contributed by atoms with van der Waals surface area (Å²) in [5, 5.41) is 4.52. The highest BCUT2D eigenvalue weighted by atomic mass is 32.2. The number of benzene rings is 3. The lowest BCUT2D eigenvalue weighted by molar-refractivity contribution is 0.0998. The van der Waals surface area contributed by atoms with E-state index in [1.54, 1.807) is 24.8 Å². The number of hydrogen-bond donors (Lipinski definition) is 1. The molecule has 3 aromatic carbocycles. The Bertz CT molecular complexity index is 1640. The summed E-state index contributed by atoms with van der Waals surface area (Å²) in [5.41, 5.74) is 5.08. The van der Waals surface area contributed by atoms with Gasteiger partial charge in [-0.2, -0.15) is 0 Å². The van der Waals surface area contributed by atoms with E-state index in [-0.39, 0.29) is 5.91 Å². The summed E-state index contributed by atoms with van der Waals surface area (Å²) in [7, 11) is 0. The fraction of sp³-hybridized carbons (Fsp3) is 0.0370. The molecule has 6 aromatic rings. The molecule has 6 rings (SSSR count). The average Bonchev–Trinajstić information content (AvgIpc) is 3.50. The van der Waals surface area contributed by atoms with Crippen molar-refractivity contribution in [2.45, 2.75) is 10.9 Å². The van der Waals surface area contributed by atoms with Gasteiger partial charge >= 0.3 is 0 Å². The first-order chi connectivity index (χ1) is 17.3. The second-order valence-electron chi connectivity index (χ2n) is 7.83. The Labute approximate surface area is 204 Å². The summed E-state index contributed by atoms with van der Waals surface area (Å²) in [4.78, 5) is 26.2. The van der Waals surface area contributed by atoms with E-state index < -0.39 is 0 Å². The van der Waals surface area contributed by atoms with Gasteiger partial charge in [0.15, 0.2) is 10.9 Å². The Kier molecular flexibility index (Phi) is 5.48. The molecule has 170 valence electrons. The fourth-order valence-corrected chi connectivity index (χ4v) is 4.81. The van der Waals surface area contributed by atoms with Crippen LogP contribution in [0.25, 0.3) is 27.7 Å². The smallest absolute Gasteiger partial charge is 0.291 e. The minimum Gasteiger partial charge on any atom is -0.451 e. The van der Waals surface area contributed by atoms with Gasteiger partial charge in [-0.15, -0.1) is 0 Å². The Hall–Kier alpha value is -4.43. The highest BCUT2D eigenvalue weighted by Crippen LogP contribution is 2.31. The highest BCUT2D eigenvalue weighted by molar-refractivity contribution is 7.98. The number of amides is 1. The third kappa shape index (κ3) is 4.15. The molecule has 1 N–H and O–H groups in total. The fourth-order valence-electron chi connectivity index (χ4n) is 3.98. The van der Waals surface area contributed by atoms with Crippen LogP contribution >= 0.6 is 11.8 Å². The highest BCUT2D eigenvalue weighted by Gasteiger charge is 2.21. The minimum atomic E-state index is -0.299. The summed E-state index contributed by atoms with van der Waals surface area (Å²) in [6, 6.07) is 25.0. The number of aromatic nitrogens is 4. The van der Waals surface area contributed by atoms with E-state index in [1.807, 2.05) is 77.4 Å². The molecule has 0 saturated carbocycles. The number of hydrogen-bond acceptors (Lipinski definition) is 6. The van der Waals surface area contributed by atoms with Crippen molar-refractivity contribution >= 4 is 45.4 Å². The van der Waals surface area contributed by atoms with Crippen LogP contribution in [0.15, 0.2) is 107 Å².